The summed E-state index contributed by atoms with van der Waals surface area (Å²) in [6.45, 7) is 10.5. The standard InChI is InChI=1S/C26H25FN4O2.C6H10/c1-3-16(2)25(32)29-20-9-4-17(5-10-20)24-15-28-22-13-6-18(14-23(22)31-24)26(33)30-21-11-7-19(27)8-12-21;1-5-3-4-6(5)2/h4-14,16,28H,3,15H2,1-2H3,(H,29,32)(H,30,33);6H,1,3-4H2,2H3. The molecule has 1 aliphatic carbocycles. The lowest BCUT2D eigenvalue weighted by Crippen LogP contribution is -2.20. The maximum Gasteiger partial charge on any atom is 0.255 e. The van der Waals surface area contributed by atoms with Gasteiger partial charge in [0.2, 0.25) is 5.91 Å². The molecule has 0 bridgehead atoms. The fourth-order valence-corrected chi connectivity index (χ4v) is 4.02. The van der Waals surface area contributed by atoms with E-state index in [1.165, 1.54) is 42.7 Å². The van der Waals surface area contributed by atoms with E-state index < -0.39 is 0 Å². The van der Waals surface area contributed by atoms with E-state index in [-0.39, 0.29) is 23.5 Å². The molecule has 3 aromatic rings. The molecule has 2 amide bonds. The fourth-order valence-electron chi connectivity index (χ4n) is 4.02. The Labute approximate surface area is 229 Å². The Kier molecular flexibility index (Phi) is 8.92. The molecule has 0 spiro atoms. The van der Waals surface area contributed by atoms with Crippen molar-refractivity contribution in [2.24, 2.45) is 16.8 Å². The number of fused-ring (bicyclic) bond motifs is 1. The molecular formula is C32H35FN4O2. The van der Waals surface area contributed by atoms with Crippen LogP contribution in [0.3, 0.4) is 0 Å². The van der Waals surface area contributed by atoms with E-state index >= 15 is 0 Å². The van der Waals surface area contributed by atoms with Gasteiger partial charge in [0.15, 0.2) is 0 Å². The van der Waals surface area contributed by atoms with Crippen LogP contribution in [-0.4, -0.2) is 24.1 Å². The van der Waals surface area contributed by atoms with Gasteiger partial charge < -0.3 is 16.0 Å². The number of hydrogen-bond acceptors (Lipinski definition) is 4. The molecule has 39 heavy (non-hydrogen) atoms. The number of amides is 2. The van der Waals surface area contributed by atoms with Crippen molar-refractivity contribution in [2.45, 2.75) is 40.0 Å². The molecule has 5 rings (SSSR count). The van der Waals surface area contributed by atoms with Gasteiger partial charge in [-0.25, -0.2) is 9.38 Å². The molecule has 6 nitrogen and oxygen atoms in total. The maximum absolute atomic E-state index is 13.1. The van der Waals surface area contributed by atoms with Gasteiger partial charge in [0.25, 0.3) is 5.91 Å². The minimum absolute atomic E-state index is 0.00212. The highest BCUT2D eigenvalue weighted by Gasteiger charge is 2.17. The quantitative estimate of drug-likeness (QED) is 0.290. The predicted octanol–water partition coefficient (Wildman–Crippen LogP) is 7.58. The third kappa shape index (κ3) is 7.19. The Hall–Kier alpha value is -4.26. The number of carbonyl (C=O) groups excluding carboxylic acids is 2. The molecule has 1 heterocycles. The number of carbonyl (C=O) groups is 2. The first-order valence-corrected chi connectivity index (χ1v) is 13.3. The van der Waals surface area contributed by atoms with Gasteiger partial charge in [-0.2, -0.15) is 0 Å². The van der Waals surface area contributed by atoms with Gasteiger partial charge in [-0.05, 0) is 85.3 Å². The van der Waals surface area contributed by atoms with Crippen LogP contribution in [0.15, 0.2) is 83.9 Å². The number of allylic oxidation sites excluding steroid dienone is 1. The first-order valence-electron chi connectivity index (χ1n) is 13.3. The van der Waals surface area contributed by atoms with Crippen LogP contribution in [0.4, 0.5) is 27.1 Å². The zero-order chi connectivity index (χ0) is 27.9. The largest absolute Gasteiger partial charge is 0.378 e. The van der Waals surface area contributed by atoms with Crippen LogP contribution >= 0.6 is 0 Å². The number of nitrogens with one attached hydrogen (secondary N) is 3. The van der Waals surface area contributed by atoms with Gasteiger partial charge in [-0.3, -0.25) is 9.59 Å². The molecular weight excluding hydrogens is 491 g/mol. The zero-order valence-electron chi connectivity index (χ0n) is 22.7. The van der Waals surface area contributed by atoms with Crippen molar-refractivity contribution in [3.05, 3.63) is 95.8 Å². The number of nitrogens with zero attached hydrogens (tertiary/aromatic N) is 1. The van der Waals surface area contributed by atoms with E-state index in [1.807, 2.05) is 44.2 Å². The molecule has 3 N–H and O–H groups in total. The SMILES string of the molecule is C=C1CCC1C.CCC(C)C(=O)Nc1ccc(C2=Nc3cc(C(=O)Nc4ccc(F)cc4)ccc3NC2)cc1. The highest BCUT2D eigenvalue weighted by Crippen LogP contribution is 2.31. The van der Waals surface area contributed by atoms with Crippen LogP contribution in [0.1, 0.15) is 56.0 Å². The number of anilines is 3. The third-order valence-electron chi connectivity index (χ3n) is 7.20. The van der Waals surface area contributed by atoms with Crippen LogP contribution in [0.5, 0.6) is 0 Å². The van der Waals surface area contributed by atoms with E-state index in [0.717, 1.165) is 35.0 Å². The van der Waals surface area contributed by atoms with Crippen molar-refractivity contribution >= 4 is 40.3 Å². The second kappa shape index (κ2) is 12.5. The molecule has 7 heteroatoms. The Morgan fingerprint density at radius 1 is 1.05 bits per heavy atom. The molecule has 202 valence electrons. The van der Waals surface area contributed by atoms with E-state index in [2.05, 4.69) is 29.5 Å². The Bertz CT molecular complexity index is 1380. The Morgan fingerprint density at radius 3 is 2.28 bits per heavy atom. The summed E-state index contributed by atoms with van der Waals surface area (Å²) in [4.78, 5) is 29.5. The molecule has 0 saturated heterocycles. The molecule has 1 fully saturated rings. The number of aliphatic imine (C=N–C) groups is 1. The van der Waals surface area contributed by atoms with E-state index in [4.69, 9.17) is 4.99 Å². The van der Waals surface area contributed by atoms with Gasteiger partial charge in [-0.1, -0.05) is 45.1 Å². The van der Waals surface area contributed by atoms with Crippen molar-refractivity contribution in [2.75, 3.05) is 22.5 Å². The van der Waals surface area contributed by atoms with E-state index in [1.54, 1.807) is 12.1 Å². The first kappa shape index (κ1) is 27.8. The minimum atomic E-state index is -0.361. The number of halogens is 1. The summed E-state index contributed by atoms with van der Waals surface area (Å²) in [5.41, 5.74) is 6.42. The molecule has 1 aliphatic heterocycles. The molecule has 0 aromatic heterocycles. The van der Waals surface area contributed by atoms with Crippen molar-refractivity contribution in [3.63, 3.8) is 0 Å². The second-order valence-electron chi connectivity index (χ2n) is 10.1. The van der Waals surface area contributed by atoms with Gasteiger partial charge >= 0.3 is 0 Å². The fraction of sp³-hybridized carbons (Fsp3) is 0.281. The summed E-state index contributed by atoms with van der Waals surface area (Å²) in [6.07, 6.45) is 3.44. The summed E-state index contributed by atoms with van der Waals surface area (Å²) < 4.78 is 13.1. The second-order valence-corrected chi connectivity index (χ2v) is 10.1. The smallest absolute Gasteiger partial charge is 0.255 e. The summed E-state index contributed by atoms with van der Waals surface area (Å²) in [5.74, 6) is 0.142. The molecule has 1 saturated carbocycles. The van der Waals surface area contributed by atoms with Crippen molar-refractivity contribution in [1.82, 2.24) is 0 Å². The van der Waals surface area contributed by atoms with Gasteiger partial charge in [0.1, 0.15) is 5.82 Å². The Morgan fingerprint density at radius 2 is 1.69 bits per heavy atom. The van der Waals surface area contributed by atoms with E-state index in [0.29, 0.717) is 23.5 Å². The van der Waals surface area contributed by atoms with Crippen LogP contribution in [0.2, 0.25) is 0 Å². The van der Waals surface area contributed by atoms with E-state index in [9.17, 15) is 14.0 Å². The summed E-state index contributed by atoms with van der Waals surface area (Å²) in [7, 11) is 0. The number of rotatable bonds is 6. The van der Waals surface area contributed by atoms with Gasteiger partial charge in [0, 0.05) is 22.9 Å². The average Bonchev–Trinajstić information content (AvgIpc) is 2.96. The maximum atomic E-state index is 13.1. The highest BCUT2D eigenvalue weighted by molar-refractivity contribution is 6.09. The molecule has 2 unspecified atom stereocenters. The molecule has 2 atom stereocenters. The summed E-state index contributed by atoms with van der Waals surface area (Å²) in [6, 6.07) is 18.4. The van der Waals surface area contributed by atoms with Crippen molar-refractivity contribution in [3.8, 4) is 0 Å². The molecule has 2 aliphatic rings. The average molecular weight is 527 g/mol. The van der Waals surface area contributed by atoms with Gasteiger partial charge in [0.05, 0.1) is 23.6 Å². The van der Waals surface area contributed by atoms with Crippen molar-refractivity contribution < 1.29 is 14.0 Å². The third-order valence-corrected chi connectivity index (χ3v) is 7.20. The summed E-state index contributed by atoms with van der Waals surface area (Å²) >= 11 is 0. The van der Waals surface area contributed by atoms with Crippen molar-refractivity contribution in [1.29, 1.82) is 0 Å². The normalized spacial score (nSPS) is 16.3. The van der Waals surface area contributed by atoms with Crippen LogP contribution in [0, 0.1) is 17.7 Å². The lowest BCUT2D eigenvalue weighted by atomic mass is 9.82. The highest BCUT2D eigenvalue weighted by atomic mass is 19.1. The van der Waals surface area contributed by atoms with Gasteiger partial charge in [-0.15, -0.1) is 0 Å². The Balaban J connectivity index is 0.000000519. The van der Waals surface area contributed by atoms with Crippen LogP contribution in [0.25, 0.3) is 0 Å². The topological polar surface area (TPSA) is 82.6 Å². The summed E-state index contributed by atoms with van der Waals surface area (Å²) in [5, 5.41) is 9.01. The monoisotopic (exact) mass is 526 g/mol. The number of benzene rings is 3. The predicted molar refractivity (Wildman–Crippen MR) is 158 cm³/mol. The zero-order valence-corrected chi connectivity index (χ0v) is 22.7. The lowest BCUT2D eigenvalue weighted by molar-refractivity contribution is -0.119. The molecule has 3 aromatic carbocycles. The molecule has 0 radical (unpaired) electrons. The van der Waals surface area contributed by atoms with Crippen LogP contribution in [-0.2, 0) is 4.79 Å². The first-order chi connectivity index (χ1) is 18.7. The van der Waals surface area contributed by atoms with Crippen LogP contribution < -0.4 is 16.0 Å². The minimum Gasteiger partial charge on any atom is -0.378 e. The lowest BCUT2D eigenvalue weighted by Gasteiger charge is -2.23. The number of hydrogen-bond donors (Lipinski definition) is 3.